The molecular weight excluding hydrogens is 2020 g/mol. The highest BCUT2D eigenvalue weighted by molar-refractivity contribution is 7.17. The Bertz CT molecular complexity index is 6670. The van der Waals surface area contributed by atoms with Crippen LogP contribution < -0.4 is 21.7 Å². The number of nitrogens with zero attached hydrogens (tertiary/aromatic N) is 20. The molecule has 54 heteroatoms. The Hall–Kier alpha value is -15.2. The average Bonchev–Trinajstić information content (AvgIpc) is 1.53. The number of aryl methyl sites for hydroxylation is 5. The summed E-state index contributed by atoms with van der Waals surface area (Å²) >= 11 is 4.16. The number of nitrogen functional groups attached to an aromatic ring is 1. The van der Waals surface area contributed by atoms with Gasteiger partial charge in [-0.1, -0.05) is 106 Å². The number of carbonyl (C=O) groups is 4. The number of anilines is 4. The van der Waals surface area contributed by atoms with E-state index in [1.165, 1.54) is 82.2 Å². The van der Waals surface area contributed by atoms with Crippen molar-refractivity contribution in [3.8, 4) is 42.8 Å². The molecule has 0 bridgehead atoms. The Morgan fingerprint density at radius 3 is 0.840 bits per heavy atom. The number of rotatable bonds is 20. The van der Waals surface area contributed by atoms with Gasteiger partial charge < -0.3 is 26.4 Å². The molecule has 12 aromatic heterocycles. The second-order valence-corrected chi connectivity index (χ2v) is 34.7. The third kappa shape index (κ3) is 26.8. The van der Waals surface area contributed by atoms with Crippen LogP contribution in [0.1, 0.15) is 188 Å². The Morgan fingerprint density at radius 2 is 0.590 bits per heavy atom. The number of pyridine rings is 4. The minimum atomic E-state index is -5.02. The summed E-state index contributed by atoms with van der Waals surface area (Å²) in [5.74, 6) is -2.29. The molecule has 3 amide bonds. The lowest BCUT2D eigenvalue weighted by Crippen LogP contribution is -2.18. The average molecular weight is 2100 g/mol. The molecule has 144 heavy (non-hydrogen) atoms. The van der Waals surface area contributed by atoms with Crippen LogP contribution >= 0.6 is 45.3 Å². The van der Waals surface area contributed by atoms with Gasteiger partial charge in [0.2, 0.25) is 20.0 Å². The molecule has 0 aliphatic carbocycles. The largest absolute Gasteiger partial charge is 0.461 e. The summed E-state index contributed by atoms with van der Waals surface area (Å²) in [5, 5.41) is 57.6. The molecule has 754 valence electrons. The van der Waals surface area contributed by atoms with E-state index in [-0.39, 0.29) is 77.9 Å². The summed E-state index contributed by atoms with van der Waals surface area (Å²) in [6, 6.07) is 25.9. The highest BCUT2D eigenvalue weighted by Crippen LogP contribution is 2.46. The first-order valence-electron chi connectivity index (χ1n) is 41.7. The molecule has 0 aliphatic heterocycles. The van der Waals surface area contributed by atoms with E-state index in [1.807, 2.05) is 18.2 Å². The van der Waals surface area contributed by atoms with E-state index < -0.39 is 147 Å². The Kier molecular flexibility index (Phi) is 33.0. The molecule has 4 aromatic carbocycles. The van der Waals surface area contributed by atoms with Crippen molar-refractivity contribution in [2.24, 2.45) is 0 Å². The molecule has 0 spiro atoms. The number of hydrogen-bond donors (Lipinski definition) is 4. The summed E-state index contributed by atoms with van der Waals surface area (Å²) in [6.45, 7) is 15.8. The van der Waals surface area contributed by atoms with Gasteiger partial charge in [-0.2, -0.15) is 113 Å². The summed E-state index contributed by atoms with van der Waals surface area (Å²) in [6.07, 6.45) is -22.4. The van der Waals surface area contributed by atoms with Crippen molar-refractivity contribution >= 4 is 91.8 Å². The van der Waals surface area contributed by atoms with Crippen LogP contribution in [0.15, 0.2) is 195 Å². The fourth-order valence-corrected chi connectivity index (χ4v) is 16.2. The third-order valence-electron chi connectivity index (χ3n) is 20.7. The maximum absolute atomic E-state index is 13.6. The summed E-state index contributed by atoms with van der Waals surface area (Å²) < 4.78 is 288. The van der Waals surface area contributed by atoms with Gasteiger partial charge in [-0.3, -0.25) is 53.0 Å². The van der Waals surface area contributed by atoms with E-state index in [4.69, 9.17) is 10.5 Å². The molecule has 16 aromatic rings. The highest BCUT2D eigenvalue weighted by atomic mass is 32.1. The molecule has 0 saturated heterocycles. The molecule has 0 saturated carbocycles. The first-order chi connectivity index (χ1) is 67.5. The van der Waals surface area contributed by atoms with Crippen molar-refractivity contribution in [2.45, 2.75) is 137 Å². The zero-order chi connectivity index (χ0) is 105. The molecular formula is C90H73F21N24O5S4. The number of nitrogens with one attached hydrogen (secondary N) is 3. The predicted octanol–water partition coefficient (Wildman–Crippen LogP) is 23.5. The van der Waals surface area contributed by atoms with Gasteiger partial charge >= 0.3 is 49.2 Å². The van der Waals surface area contributed by atoms with Crippen LogP contribution in [0.4, 0.5) is 115 Å². The SMILES string of the molecule is CCOC(=O)c1nnc(-c2ccccn2)s1.Cc1ccc(C(C)n2cc(N)c(C)n2)c(C(F)(F)F)c1.Cc1nn(C(C)c2ccc(C(F)(F)F)cc2C(F)(F)F)cc1NC(=O)c1nnc(-c2ccccn2)s1.Cc1nn([C@@H](C)c2ccc(C(F)(F)F)cc2C(F)(F)F)cc1NC(=O)c1nnc(-c2ccccn2)s1.Cc1nn([C@H](C)c2ccc(C(F)(F)F)cc2C(F)(F)F)cc1NC(=O)c1nnc(-c2ccccn2)s1. The van der Waals surface area contributed by atoms with Crippen molar-refractivity contribution in [2.75, 3.05) is 28.3 Å². The first kappa shape index (κ1) is 108. The summed E-state index contributed by atoms with van der Waals surface area (Å²) in [5.41, 5.74) is 0.968. The normalized spacial score (nSPS) is 12.7. The zero-order valence-electron chi connectivity index (χ0n) is 75.6. The molecule has 0 aliphatic rings. The topological polar surface area (TPSA) is 366 Å². The number of carbonyl (C=O) groups excluding carboxylic acids is 4. The van der Waals surface area contributed by atoms with Gasteiger partial charge in [0, 0.05) is 49.6 Å². The van der Waals surface area contributed by atoms with Gasteiger partial charge in [-0.25, -0.2) is 4.79 Å². The van der Waals surface area contributed by atoms with Crippen LogP contribution in [0.3, 0.4) is 0 Å². The quantitative estimate of drug-likeness (QED) is 0.0407. The van der Waals surface area contributed by atoms with Crippen molar-refractivity contribution in [3.05, 3.63) is 305 Å². The minimum absolute atomic E-state index is 0.0259. The van der Waals surface area contributed by atoms with Crippen molar-refractivity contribution < 1.29 is 116 Å². The molecule has 2 unspecified atom stereocenters. The van der Waals surface area contributed by atoms with Gasteiger partial charge in [0.15, 0.2) is 20.0 Å². The molecule has 0 radical (unpaired) electrons. The molecule has 12 heterocycles. The number of hydrogen-bond acceptors (Lipinski definition) is 26. The lowest BCUT2D eigenvalue weighted by atomic mass is 9.98. The second-order valence-electron chi connectivity index (χ2n) is 30.8. The van der Waals surface area contributed by atoms with Crippen LogP contribution in [0, 0.1) is 34.6 Å². The van der Waals surface area contributed by atoms with Crippen LogP contribution in [-0.2, 0) is 48.0 Å². The number of benzene rings is 4. The van der Waals surface area contributed by atoms with E-state index in [0.717, 1.165) is 72.3 Å². The number of nitrogens with two attached hydrogens (primary N) is 1. The number of ether oxygens (including phenoxy) is 1. The number of esters is 1. The van der Waals surface area contributed by atoms with E-state index in [9.17, 15) is 111 Å². The Morgan fingerprint density at radius 1 is 0.333 bits per heavy atom. The third-order valence-corrected chi connectivity index (χ3v) is 24.4. The summed E-state index contributed by atoms with van der Waals surface area (Å²) in [4.78, 5) is 65.9. The summed E-state index contributed by atoms with van der Waals surface area (Å²) in [7, 11) is 0. The second kappa shape index (κ2) is 44.1. The van der Waals surface area contributed by atoms with Gasteiger partial charge in [-0.15, -0.1) is 40.8 Å². The molecule has 4 atom stereocenters. The fraction of sp³-hybridized carbons (Fsp3) is 0.244. The number of alkyl halides is 21. The van der Waals surface area contributed by atoms with Crippen molar-refractivity contribution in [3.63, 3.8) is 0 Å². The van der Waals surface area contributed by atoms with E-state index in [2.05, 4.69) is 97.1 Å². The Labute approximate surface area is 816 Å². The predicted molar refractivity (Wildman–Crippen MR) is 485 cm³/mol. The number of halogens is 21. The molecule has 0 fully saturated rings. The molecule has 16 rings (SSSR count). The van der Waals surface area contributed by atoms with E-state index in [0.29, 0.717) is 84.6 Å². The fourth-order valence-electron chi connectivity index (χ4n) is 13.3. The lowest BCUT2D eigenvalue weighted by Gasteiger charge is -2.20. The maximum Gasteiger partial charge on any atom is 0.416 e. The van der Waals surface area contributed by atoms with Crippen molar-refractivity contribution in [1.82, 2.24) is 99.8 Å². The maximum atomic E-state index is 13.6. The standard InChI is InChI=1S/3C22H16F6N6OS.C14H16F3N3.C10H9N3O2S/c3*1-11-17(30-18(35)20-32-31-19(36-20)16-5-3-4-8-29-16)10-34(33-11)12(2)14-7-6-13(21(23,24)25)9-15(14)22(26,27)28;1-8-4-5-11(12(6-8)14(15,16)17)10(3)20-7-13(18)9(2)19-20;1-2-15-10(14)9-13-12-8(16-9)7-5-3-4-6-11-7/h3*3-10,12H,1-2H3,(H,30,35);4-7,10H,18H2,1-3H3;3-6H,2H2,1H3/t2*12-;;;/m10.../s1. The van der Waals surface area contributed by atoms with E-state index in [1.54, 1.807) is 119 Å². The number of aromatic nitrogens is 20. The van der Waals surface area contributed by atoms with Crippen LogP contribution in [-0.4, -0.2) is 130 Å². The van der Waals surface area contributed by atoms with E-state index >= 15 is 0 Å². The van der Waals surface area contributed by atoms with Crippen LogP contribution in [0.2, 0.25) is 0 Å². The van der Waals surface area contributed by atoms with Crippen LogP contribution in [0.5, 0.6) is 0 Å². The monoisotopic (exact) mass is 2100 g/mol. The molecule has 5 N–H and O–H groups in total. The lowest BCUT2D eigenvalue weighted by molar-refractivity contribution is -0.145. The minimum Gasteiger partial charge on any atom is -0.461 e. The van der Waals surface area contributed by atoms with Gasteiger partial charge in [0.05, 0.1) is 115 Å². The smallest absolute Gasteiger partial charge is 0.416 e. The molecule has 29 nitrogen and oxygen atoms in total. The first-order valence-corrected chi connectivity index (χ1v) is 44.9. The highest BCUT2D eigenvalue weighted by Gasteiger charge is 2.44. The Balaban J connectivity index is 0.000000165. The van der Waals surface area contributed by atoms with Crippen molar-refractivity contribution in [1.29, 1.82) is 0 Å². The van der Waals surface area contributed by atoms with Crippen LogP contribution in [0.25, 0.3) is 42.8 Å². The van der Waals surface area contributed by atoms with Gasteiger partial charge in [0.25, 0.3) is 17.7 Å². The zero-order valence-corrected chi connectivity index (χ0v) is 78.9. The number of amides is 3. The van der Waals surface area contributed by atoms with Gasteiger partial charge in [0.1, 0.15) is 22.8 Å². The van der Waals surface area contributed by atoms with Gasteiger partial charge in [-0.05, 0) is 182 Å².